The molecule has 1 aromatic rings. The standard InChI is InChI=1S/C13H14N2O2S/c1-2-8-15(12-6-7-12)18(16,17)13-5-3-4-11(9-13)10-14/h2-5,9,12H,1,6-8H2. The molecular formula is C13H14N2O2S. The van der Waals surface area contributed by atoms with E-state index < -0.39 is 10.0 Å². The Morgan fingerprint density at radius 1 is 1.50 bits per heavy atom. The van der Waals surface area contributed by atoms with E-state index in [1.807, 2.05) is 6.07 Å². The van der Waals surface area contributed by atoms with Gasteiger partial charge in [-0.05, 0) is 31.0 Å². The fraction of sp³-hybridized carbons (Fsp3) is 0.308. The summed E-state index contributed by atoms with van der Waals surface area (Å²) < 4.78 is 26.3. The van der Waals surface area contributed by atoms with Gasteiger partial charge in [0.05, 0.1) is 16.5 Å². The molecule has 1 aliphatic rings. The average Bonchev–Trinajstić information content (AvgIpc) is 3.20. The van der Waals surface area contributed by atoms with Gasteiger partial charge in [-0.1, -0.05) is 12.1 Å². The van der Waals surface area contributed by atoms with Crippen LogP contribution in [-0.2, 0) is 10.0 Å². The van der Waals surface area contributed by atoms with Crippen LogP contribution < -0.4 is 0 Å². The van der Waals surface area contributed by atoms with Gasteiger partial charge in [0.25, 0.3) is 0 Å². The van der Waals surface area contributed by atoms with Crippen molar-refractivity contribution in [3.8, 4) is 6.07 Å². The third-order valence-corrected chi connectivity index (χ3v) is 4.75. The zero-order chi connectivity index (χ0) is 13.2. The van der Waals surface area contributed by atoms with Gasteiger partial charge in [0.1, 0.15) is 0 Å². The quantitative estimate of drug-likeness (QED) is 0.761. The van der Waals surface area contributed by atoms with Crippen LogP contribution in [0.1, 0.15) is 18.4 Å². The average molecular weight is 262 g/mol. The van der Waals surface area contributed by atoms with Gasteiger partial charge >= 0.3 is 0 Å². The highest BCUT2D eigenvalue weighted by atomic mass is 32.2. The lowest BCUT2D eigenvalue weighted by Crippen LogP contribution is -2.33. The van der Waals surface area contributed by atoms with Crippen molar-refractivity contribution >= 4 is 10.0 Å². The van der Waals surface area contributed by atoms with Gasteiger partial charge in [-0.3, -0.25) is 0 Å². The third kappa shape index (κ3) is 2.45. The molecule has 0 unspecified atom stereocenters. The zero-order valence-electron chi connectivity index (χ0n) is 9.91. The molecule has 0 N–H and O–H groups in total. The number of nitriles is 1. The molecule has 0 saturated heterocycles. The minimum atomic E-state index is -3.52. The minimum absolute atomic E-state index is 0.0822. The van der Waals surface area contributed by atoms with E-state index in [1.54, 1.807) is 18.2 Å². The second kappa shape index (κ2) is 4.92. The molecule has 0 spiro atoms. The molecule has 1 aliphatic carbocycles. The number of benzene rings is 1. The van der Waals surface area contributed by atoms with Crippen molar-refractivity contribution in [2.24, 2.45) is 0 Å². The lowest BCUT2D eigenvalue weighted by molar-refractivity contribution is 0.436. The molecule has 1 saturated carbocycles. The molecule has 1 aromatic carbocycles. The molecule has 2 rings (SSSR count). The molecular weight excluding hydrogens is 248 g/mol. The van der Waals surface area contributed by atoms with Crippen LogP contribution >= 0.6 is 0 Å². The maximum atomic E-state index is 12.4. The van der Waals surface area contributed by atoms with Gasteiger partial charge in [-0.2, -0.15) is 9.57 Å². The molecule has 0 aromatic heterocycles. The summed E-state index contributed by atoms with van der Waals surface area (Å²) >= 11 is 0. The first-order valence-electron chi connectivity index (χ1n) is 5.72. The van der Waals surface area contributed by atoms with Crippen molar-refractivity contribution in [3.63, 3.8) is 0 Å². The molecule has 0 heterocycles. The fourth-order valence-corrected chi connectivity index (χ4v) is 3.50. The van der Waals surface area contributed by atoms with Crippen molar-refractivity contribution in [1.82, 2.24) is 4.31 Å². The molecule has 94 valence electrons. The summed E-state index contributed by atoms with van der Waals surface area (Å²) in [7, 11) is -3.52. The van der Waals surface area contributed by atoms with Crippen LogP contribution in [0.15, 0.2) is 41.8 Å². The first kappa shape index (κ1) is 12.8. The van der Waals surface area contributed by atoms with Gasteiger partial charge < -0.3 is 0 Å². The van der Waals surface area contributed by atoms with Crippen LogP contribution in [0.5, 0.6) is 0 Å². The van der Waals surface area contributed by atoms with Crippen LogP contribution in [0.4, 0.5) is 0 Å². The number of hydrogen-bond donors (Lipinski definition) is 0. The highest BCUT2D eigenvalue weighted by Crippen LogP contribution is 2.31. The van der Waals surface area contributed by atoms with Gasteiger partial charge in [0, 0.05) is 12.6 Å². The normalized spacial score (nSPS) is 15.3. The Morgan fingerprint density at radius 2 is 2.22 bits per heavy atom. The highest BCUT2D eigenvalue weighted by Gasteiger charge is 2.37. The molecule has 18 heavy (non-hydrogen) atoms. The molecule has 0 bridgehead atoms. The topological polar surface area (TPSA) is 61.2 Å². The van der Waals surface area contributed by atoms with Crippen molar-refractivity contribution in [3.05, 3.63) is 42.5 Å². The fourth-order valence-electron chi connectivity index (χ4n) is 1.79. The summed E-state index contributed by atoms with van der Waals surface area (Å²) in [5.74, 6) is 0. The van der Waals surface area contributed by atoms with E-state index in [0.717, 1.165) is 12.8 Å². The Bertz CT molecular complexity index is 598. The van der Waals surface area contributed by atoms with Crippen LogP contribution in [0.3, 0.4) is 0 Å². The van der Waals surface area contributed by atoms with Crippen molar-refractivity contribution in [2.45, 2.75) is 23.8 Å². The molecule has 0 amide bonds. The van der Waals surface area contributed by atoms with Gasteiger partial charge in [-0.15, -0.1) is 6.58 Å². The lowest BCUT2D eigenvalue weighted by Gasteiger charge is -2.20. The smallest absolute Gasteiger partial charge is 0.207 e. The summed E-state index contributed by atoms with van der Waals surface area (Å²) in [6.45, 7) is 3.90. The van der Waals surface area contributed by atoms with Crippen LogP contribution in [0.2, 0.25) is 0 Å². The molecule has 4 nitrogen and oxygen atoms in total. The Morgan fingerprint density at radius 3 is 2.78 bits per heavy atom. The second-order valence-corrected chi connectivity index (χ2v) is 6.12. The van der Waals surface area contributed by atoms with E-state index >= 15 is 0 Å². The van der Waals surface area contributed by atoms with Gasteiger partial charge in [0.2, 0.25) is 10.0 Å². The lowest BCUT2D eigenvalue weighted by atomic mass is 10.2. The largest absolute Gasteiger partial charge is 0.243 e. The van der Waals surface area contributed by atoms with Gasteiger partial charge in [-0.25, -0.2) is 8.42 Å². The van der Waals surface area contributed by atoms with E-state index in [-0.39, 0.29) is 10.9 Å². The van der Waals surface area contributed by atoms with E-state index in [9.17, 15) is 8.42 Å². The van der Waals surface area contributed by atoms with E-state index in [2.05, 4.69) is 6.58 Å². The first-order chi connectivity index (χ1) is 8.59. The van der Waals surface area contributed by atoms with E-state index in [1.165, 1.54) is 16.4 Å². The number of sulfonamides is 1. The van der Waals surface area contributed by atoms with Crippen LogP contribution in [0.25, 0.3) is 0 Å². The van der Waals surface area contributed by atoms with Crippen molar-refractivity contribution in [1.29, 1.82) is 5.26 Å². The summed E-state index contributed by atoms with van der Waals surface area (Å²) in [4.78, 5) is 0.176. The molecule has 0 aliphatic heterocycles. The minimum Gasteiger partial charge on any atom is -0.207 e. The molecule has 0 radical (unpaired) electrons. The third-order valence-electron chi connectivity index (χ3n) is 2.83. The molecule has 1 fully saturated rings. The number of nitrogens with zero attached hydrogens (tertiary/aromatic N) is 2. The SMILES string of the molecule is C=CCN(C1CC1)S(=O)(=O)c1cccc(C#N)c1. The summed E-state index contributed by atoms with van der Waals surface area (Å²) in [5.41, 5.74) is 0.352. The molecule has 5 heteroatoms. The number of hydrogen-bond acceptors (Lipinski definition) is 3. The van der Waals surface area contributed by atoms with E-state index in [4.69, 9.17) is 5.26 Å². The maximum Gasteiger partial charge on any atom is 0.243 e. The Balaban J connectivity index is 2.39. The Hall–Kier alpha value is -1.64. The van der Waals surface area contributed by atoms with E-state index in [0.29, 0.717) is 12.1 Å². The zero-order valence-corrected chi connectivity index (χ0v) is 10.7. The summed E-state index contributed by atoms with van der Waals surface area (Å²) in [5, 5.41) is 8.82. The first-order valence-corrected chi connectivity index (χ1v) is 7.16. The van der Waals surface area contributed by atoms with Crippen LogP contribution in [0, 0.1) is 11.3 Å². The summed E-state index contributed by atoms with van der Waals surface area (Å²) in [6.07, 6.45) is 3.38. The van der Waals surface area contributed by atoms with Gasteiger partial charge in [0.15, 0.2) is 0 Å². The predicted molar refractivity (Wildman–Crippen MR) is 68.3 cm³/mol. The maximum absolute atomic E-state index is 12.4. The Labute approximate surface area is 107 Å². The summed E-state index contributed by atoms with van der Waals surface area (Å²) in [6, 6.07) is 8.15. The van der Waals surface area contributed by atoms with Crippen LogP contribution in [-0.4, -0.2) is 25.3 Å². The Kier molecular flexibility index (Phi) is 3.50. The number of rotatable bonds is 5. The van der Waals surface area contributed by atoms with Crippen molar-refractivity contribution in [2.75, 3.05) is 6.54 Å². The van der Waals surface area contributed by atoms with Crippen molar-refractivity contribution < 1.29 is 8.42 Å². The highest BCUT2D eigenvalue weighted by molar-refractivity contribution is 7.89. The molecule has 0 atom stereocenters. The second-order valence-electron chi connectivity index (χ2n) is 4.23. The predicted octanol–water partition coefficient (Wildman–Crippen LogP) is 1.90. The monoisotopic (exact) mass is 262 g/mol.